The highest BCUT2D eigenvalue weighted by atomic mass is 16.2. The Bertz CT molecular complexity index is 2060. The van der Waals surface area contributed by atoms with E-state index in [1.54, 1.807) is 23.2 Å². The Balaban J connectivity index is 0.00000465. The Morgan fingerprint density at radius 1 is 0.889 bits per heavy atom. The van der Waals surface area contributed by atoms with Gasteiger partial charge in [0.25, 0.3) is 17.7 Å². The van der Waals surface area contributed by atoms with E-state index in [1.165, 1.54) is 5.56 Å². The summed E-state index contributed by atoms with van der Waals surface area (Å²) in [4.78, 5) is 93.6. The van der Waals surface area contributed by atoms with Gasteiger partial charge >= 0.3 is 6.03 Å². The highest BCUT2D eigenvalue weighted by molar-refractivity contribution is 6.23. The molecule has 7 amide bonds. The third-order valence-electron chi connectivity index (χ3n) is 11.3. The van der Waals surface area contributed by atoms with E-state index < -0.39 is 35.6 Å². The van der Waals surface area contributed by atoms with Crippen LogP contribution in [0.25, 0.3) is 0 Å². The number of benzene rings is 2. The molecule has 6 heterocycles. The zero-order valence-electron chi connectivity index (χ0n) is 30.0. The SMILES string of the molecule is CN1CCN([C@@H]2CCCN(c3cnc(C(N)=O)c(Nc4ccc(C5CCN(c6ccc7c(c6)C(=O)N(C6CCC(=O)NC6=O)C7=O)CC5)cc4)n3)C2)C1=O.[HH]. The number of carbonyl (C=O) groups is 6. The van der Waals surface area contributed by atoms with Crippen LogP contribution in [0.5, 0.6) is 0 Å². The molecule has 0 aliphatic carbocycles. The van der Waals surface area contributed by atoms with Gasteiger partial charge in [-0.05, 0) is 73.9 Å². The van der Waals surface area contributed by atoms with Gasteiger partial charge in [0, 0.05) is 65.5 Å². The van der Waals surface area contributed by atoms with Gasteiger partial charge < -0.3 is 30.7 Å². The highest BCUT2D eigenvalue weighted by Crippen LogP contribution is 2.35. The number of nitrogens with two attached hydrogens (primary N) is 1. The van der Waals surface area contributed by atoms with Crippen LogP contribution in [0, 0.1) is 0 Å². The quantitative estimate of drug-likeness (QED) is 0.288. The van der Waals surface area contributed by atoms with Crippen molar-refractivity contribution in [2.75, 3.05) is 61.4 Å². The predicted molar refractivity (Wildman–Crippen MR) is 200 cm³/mol. The van der Waals surface area contributed by atoms with Crippen molar-refractivity contribution in [2.45, 2.75) is 56.5 Å². The number of aromatic nitrogens is 2. The first kappa shape index (κ1) is 35.0. The molecule has 282 valence electrons. The molecule has 5 aliphatic rings. The van der Waals surface area contributed by atoms with Crippen LogP contribution in [-0.2, 0) is 9.59 Å². The predicted octanol–water partition coefficient (Wildman–Crippen LogP) is 2.69. The number of nitrogens with one attached hydrogen (secondary N) is 2. The zero-order chi connectivity index (χ0) is 37.7. The van der Waals surface area contributed by atoms with Crippen molar-refractivity contribution in [1.82, 2.24) is 30.0 Å². The van der Waals surface area contributed by atoms with E-state index in [2.05, 4.69) is 37.6 Å². The van der Waals surface area contributed by atoms with Gasteiger partial charge in [0.05, 0.1) is 23.4 Å². The molecule has 4 fully saturated rings. The molecule has 0 radical (unpaired) electrons. The highest BCUT2D eigenvalue weighted by Gasteiger charge is 2.45. The minimum Gasteiger partial charge on any atom is -0.371 e. The summed E-state index contributed by atoms with van der Waals surface area (Å²) < 4.78 is 0. The number of piperidine rings is 3. The number of anilines is 4. The number of imide groups is 2. The fourth-order valence-corrected chi connectivity index (χ4v) is 8.33. The largest absolute Gasteiger partial charge is 0.371 e. The van der Waals surface area contributed by atoms with Crippen molar-refractivity contribution in [1.29, 1.82) is 0 Å². The van der Waals surface area contributed by atoms with Crippen LogP contribution >= 0.6 is 0 Å². The molecular formula is C38H44N10O6. The lowest BCUT2D eigenvalue weighted by molar-refractivity contribution is -0.136. The number of urea groups is 1. The number of likely N-dealkylation sites (N-methyl/N-ethyl adjacent to an activating group) is 1. The van der Waals surface area contributed by atoms with E-state index in [1.807, 2.05) is 30.1 Å². The molecule has 8 rings (SSSR count). The summed E-state index contributed by atoms with van der Waals surface area (Å²) in [6.07, 6.45) is 5.32. The first-order chi connectivity index (χ1) is 26.0. The normalized spacial score (nSPS) is 22.2. The molecule has 0 saturated carbocycles. The van der Waals surface area contributed by atoms with Crippen LogP contribution in [0.4, 0.5) is 27.8 Å². The Hall–Kier alpha value is -6.06. The number of primary amides is 1. The minimum absolute atomic E-state index is 0. The van der Waals surface area contributed by atoms with Gasteiger partial charge in [-0.1, -0.05) is 12.1 Å². The van der Waals surface area contributed by atoms with Gasteiger partial charge in [0.2, 0.25) is 11.8 Å². The fourth-order valence-electron chi connectivity index (χ4n) is 8.33. The summed E-state index contributed by atoms with van der Waals surface area (Å²) in [5, 5.41) is 5.48. The standard InChI is InChI=1S/C38H42N10O6.H2/c1-44-17-18-47(38(44)54)26-3-2-14-46(21-26)30-20-40-32(33(39)50)34(42-30)41-24-6-4-22(5-7-24)23-12-15-45(16-13-23)25-8-9-27-28(19-25)37(53)48(36(27)52)29-10-11-31(49)43-35(29)51;/h4-9,19-20,23,26,29H,2-3,10-18,21H2,1H3,(H2,39,50)(H,41,42)(H,43,49,51);1H/t26-,29?;/m1./s1. The third kappa shape index (κ3) is 6.45. The van der Waals surface area contributed by atoms with Gasteiger partial charge in [-0.2, -0.15) is 0 Å². The average Bonchev–Trinajstić information content (AvgIpc) is 3.64. The lowest BCUT2D eigenvalue weighted by Gasteiger charge is -2.37. The Labute approximate surface area is 313 Å². The summed E-state index contributed by atoms with van der Waals surface area (Å²) in [5.74, 6) is -1.57. The minimum atomic E-state index is -0.997. The molecule has 0 spiro atoms. The lowest BCUT2D eigenvalue weighted by atomic mass is 9.89. The van der Waals surface area contributed by atoms with Crippen LogP contribution < -0.4 is 26.2 Å². The maximum Gasteiger partial charge on any atom is 0.320 e. The van der Waals surface area contributed by atoms with E-state index in [0.717, 1.165) is 61.6 Å². The summed E-state index contributed by atoms with van der Waals surface area (Å²) in [6, 6.07) is 12.4. The van der Waals surface area contributed by atoms with Crippen molar-refractivity contribution in [3.8, 4) is 0 Å². The summed E-state index contributed by atoms with van der Waals surface area (Å²) in [5.41, 5.74) is 9.01. The average molecular weight is 737 g/mol. The molecule has 1 unspecified atom stereocenters. The van der Waals surface area contributed by atoms with Gasteiger partial charge in [0.1, 0.15) is 11.9 Å². The van der Waals surface area contributed by atoms with E-state index in [9.17, 15) is 28.8 Å². The Kier molecular flexibility index (Phi) is 9.11. The van der Waals surface area contributed by atoms with Gasteiger partial charge in [-0.25, -0.2) is 14.8 Å². The summed E-state index contributed by atoms with van der Waals surface area (Å²) in [6.45, 7) is 4.30. The molecule has 4 saturated heterocycles. The van der Waals surface area contributed by atoms with Crippen molar-refractivity contribution < 1.29 is 30.2 Å². The topological polar surface area (TPSA) is 194 Å². The molecule has 16 heteroatoms. The second kappa shape index (κ2) is 14.1. The number of carbonyl (C=O) groups excluding carboxylic acids is 6. The van der Waals surface area contributed by atoms with E-state index in [-0.39, 0.29) is 49.0 Å². The van der Waals surface area contributed by atoms with Crippen LogP contribution in [-0.4, -0.2) is 119 Å². The maximum absolute atomic E-state index is 13.3. The molecule has 1 aromatic heterocycles. The van der Waals surface area contributed by atoms with Gasteiger partial charge in [0.15, 0.2) is 11.5 Å². The number of hydrogen-bond acceptors (Lipinski definition) is 11. The first-order valence-electron chi connectivity index (χ1n) is 18.5. The summed E-state index contributed by atoms with van der Waals surface area (Å²) >= 11 is 0. The monoisotopic (exact) mass is 736 g/mol. The summed E-state index contributed by atoms with van der Waals surface area (Å²) in [7, 11) is 1.82. The molecule has 2 aromatic carbocycles. The Morgan fingerprint density at radius 2 is 1.65 bits per heavy atom. The maximum atomic E-state index is 13.3. The van der Waals surface area contributed by atoms with Crippen LogP contribution in [0.1, 0.15) is 82.6 Å². The van der Waals surface area contributed by atoms with Crippen LogP contribution in [0.15, 0.2) is 48.7 Å². The molecule has 0 bridgehead atoms. The smallest absolute Gasteiger partial charge is 0.320 e. The van der Waals surface area contributed by atoms with Gasteiger partial charge in [-0.3, -0.25) is 34.2 Å². The number of nitrogens with zero attached hydrogens (tertiary/aromatic N) is 7. The van der Waals surface area contributed by atoms with Crippen molar-refractivity contribution >= 4 is 58.6 Å². The van der Waals surface area contributed by atoms with Crippen LogP contribution in [0.2, 0.25) is 0 Å². The van der Waals surface area contributed by atoms with E-state index >= 15 is 0 Å². The van der Waals surface area contributed by atoms with E-state index in [4.69, 9.17) is 10.7 Å². The molecule has 54 heavy (non-hydrogen) atoms. The van der Waals surface area contributed by atoms with Crippen LogP contribution in [0.3, 0.4) is 0 Å². The van der Waals surface area contributed by atoms with Crippen molar-refractivity contribution in [3.63, 3.8) is 0 Å². The Morgan fingerprint density at radius 3 is 2.35 bits per heavy atom. The second-order valence-electron chi connectivity index (χ2n) is 14.6. The molecular weight excluding hydrogens is 692 g/mol. The fraction of sp³-hybridized carbons (Fsp3) is 0.421. The third-order valence-corrected chi connectivity index (χ3v) is 11.3. The molecule has 4 N–H and O–H groups in total. The number of fused-ring (bicyclic) bond motifs is 1. The number of rotatable bonds is 8. The zero-order valence-corrected chi connectivity index (χ0v) is 30.0. The molecule has 3 aromatic rings. The molecule has 16 nitrogen and oxygen atoms in total. The van der Waals surface area contributed by atoms with Gasteiger partial charge in [-0.15, -0.1) is 0 Å². The van der Waals surface area contributed by atoms with E-state index in [0.29, 0.717) is 31.4 Å². The number of hydrogen-bond donors (Lipinski definition) is 3. The molecule has 5 aliphatic heterocycles. The first-order valence-corrected chi connectivity index (χ1v) is 18.5. The molecule has 2 atom stereocenters. The second-order valence-corrected chi connectivity index (χ2v) is 14.6. The number of amides is 7. The lowest BCUT2D eigenvalue weighted by Crippen LogP contribution is -2.54. The van der Waals surface area contributed by atoms with Crippen molar-refractivity contribution in [2.24, 2.45) is 5.73 Å². The van der Waals surface area contributed by atoms with Crippen molar-refractivity contribution in [3.05, 3.63) is 71.0 Å².